The van der Waals surface area contributed by atoms with Crippen molar-refractivity contribution in [2.45, 2.75) is 20.4 Å². The van der Waals surface area contributed by atoms with Crippen LogP contribution in [0.1, 0.15) is 21.5 Å². The second kappa shape index (κ2) is 6.18. The van der Waals surface area contributed by atoms with Gasteiger partial charge in [0.25, 0.3) is 5.91 Å². The van der Waals surface area contributed by atoms with E-state index in [0.29, 0.717) is 40.5 Å². The van der Waals surface area contributed by atoms with Crippen molar-refractivity contribution in [1.82, 2.24) is 4.57 Å². The number of pyridine rings is 1. The standard InChI is InChI=1S/C20H17ClN2O3/c1-11-3-4-12(2)15(9-11)22-20(25)13-10-23-7-8-26-16-6-5-14(21)17(18(16)23)19(13)24/h3-6,9-10H,7-8H2,1-2H3,(H,22,25). The molecule has 0 unspecified atom stereocenters. The van der Waals surface area contributed by atoms with Crippen molar-refractivity contribution in [1.29, 1.82) is 0 Å². The van der Waals surface area contributed by atoms with Crippen molar-refractivity contribution in [2.75, 3.05) is 11.9 Å². The highest BCUT2D eigenvalue weighted by molar-refractivity contribution is 6.35. The first-order valence-corrected chi connectivity index (χ1v) is 8.70. The summed E-state index contributed by atoms with van der Waals surface area (Å²) in [7, 11) is 0. The average Bonchev–Trinajstić information content (AvgIpc) is 2.62. The molecule has 5 nitrogen and oxygen atoms in total. The van der Waals surface area contributed by atoms with Crippen molar-refractivity contribution in [3.8, 4) is 5.75 Å². The summed E-state index contributed by atoms with van der Waals surface area (Å²) in [6, 6.07) is 9.16. The molecule has 26 heavy (non-hydrogen) atoms. The molecule has 1 aromatic heterocycles. The van der Waals surface area contributed by atoms with Crippen molar-refractivity contribution in [3.63, 3.8) is 0 Å². The molecule has 0 atom stereocenters. The molecule has 0 spiro atoms. The van der Waals surface area contributed by atoms with E-state index in [0.717, 1.165) is 11.1 Å². The molecular weight excluding hydrogens is 352 g/mol. The number of nitrogens with zero attached hydrogens (tertiary/aromatic N) is 1. The number of rotatable bonds is 2. The molecule has 0 aliphatic carbocycles. The highest BCUT2D eigenvalue weighted by atomic mass is 35.5. The Kier molecular flexibility index (Phi) is 3.96. The van der Waals surface area contributed by atoms with Crippen molar-refractivity contribution < 1.29 is 9.53 Å². The quantitative estimate of drug-likeness (QED) is 0.745. The molecule has 2 heterocycles. The number of carbonyl (C=O) groups excluding carboxylic acids is 1. The maximum absolute atomic E-state index is 13.0. The maximum atomic E-state index is 13.0. The molecule has 3 aromatic rings. The molecule has 1 aliphatic heterocycles. The first-order valence-electron chi connectivity index (χ1n) is 8.33. The minimum absolute atomic E-state index is 0.0688. The Labute approximate surface area is 155 Å². The lowest BCUT2D eigenvalue weighted by Crippen LogP contribution is -2.27. The SMILES string of the molecule is Cc1ccc(C)c(NC(=O)c2cn3c4c(ccc(Cl)c4c2=O)OCC3)c1. The van der Waals surface area contributed by atoms with Crippen LogP contribution in [0.5, 0.6) is 5.75 Å². The summed E-state index contributed by atoms with van der Waals surface area (Å²) in [6.45, 7) is 4.89. The first-order chi connectivity index (χ1) is 12.5. The second-order valence-corrected chi connectivity index (χ2v) is 6.86. The van der Waals surface area contributed by atoms with Crippen LogP contribution in [0.4, 0.5) is 5.69 Å². The van der Waals surface area contributed by atoms with E-state index in [1.807, 2.05) is 36.6 Å². The van der Waals surface area contributed by atoms with Crippen LogP contribution in [0.2, 0.25) is 5.02 Å². The molecule has 0 fully saturated rings. The molecule has 2 aromatic carbocycles. The number of hydrogen-bond donors (Lipinski definition) is 1. The molecule has 4 rings (SSSR count). The summed E-state index contributed by atoms with van der Waals surface area (Å²) in [4.78, 5) is 25.8. The van der Waals surface area contributed by atoms with Gasteiger partial charge in [-0.2, -0.15) is 0 Å². The third kappa shape index (κ3) is 2.65. The van der Waals surface area contributed by atoms with E-state index in [-0.39, 0.29) is 5.56 Å². The van der Waals surface area contributed by atoms with Gasteiger partial charge in [0.1, 0.15) is 17.9 Å². The number of halogens is 1. The van der Waals surface area contributed by atoms with Crippen LogP contribution in [-0.4, -0.2) is 17.1 Å². The Morgan fingerprint density at radius 2 is 2.04 bits per heavy atom. The van der Waals surface area contributed by atoms with Gasteiger partial charge in [-0.25, -0.2) is 0 Å². The predicted molar refractivity (Wildman–Crippen MR) is 103 cm³/mol. The van der Waals surface area contributed by atoms with Crippen LogP contribution in [0, 0.1) is 13.8 Å². The van der Waals surface area contributed by atoms with E-state index in [2.05, 4.69) is 5.32 Å². The normalized spacial score (nSPS) is 12.7. The number of carbonyl (C=O) groups is 1. The van der Waals surface area contributed by atoms with Gasteiger partial charge in [-0.3, -0.25) is 9.59 Å². The lowest BCUT2D eigenvalue weighted by atomic mass is 10.1. The number of benzene rings is 2. The zero-order chi connectivity index (χ0) is 18.4. The molecule has 0 radical (unpaired) electrons. The summed E-state index contributed by atoms with van der Waals surface area (Å²) >= 11 is 6.27. The third-order valence-electron chi connectivity index (χ3n) is 4.61. The molecular formula is C20H17ClN2O3. The van der Waals surface area contributed by atoms with Gasteiger partial charge in [0.15, 0.2) is 0 Å². The fourth-order valence-electron chi connectivity index (χ4n) is 3.23. The molecule has 1 amide bonds. The number of aromatic nitrogens is 1. The highest BCUT2D eigenvalue weighted by Crippen LogP contribution is 2.32. The summed E-state index contributed by atoms with van der Waals surface area (Å²) in [5.74, 6) is 0.163. The van der Waals surface area contributed by atoms with Gasteiger partial charge in [-0.15, -0.1) is 0 Å². The number of aryl methyl sites for hydroxylation is 2. The van der Waals surface area contributed by atoms with Gasteiger partial charge in [0.05, 0.1) is 22.5 Å². The highest BCUT2D eigenvalue weighted by Gasteiger charge is 2.22. The average molecular weight is 369 g/mol. The molecule has 1 N–H and O–H groups in total. The van der Waals surface area contributed by atoms with Gasteiger partial charge in [-0.1, -0.05) is 23.7 Å². The van der Waals surface area contributed by atoms with Crippen molar-refractivity contribution in [3.05, 3.63) is 68.5 Å². The molecule has 0 bridgehead atoms. The molecule has 0 saturated heterocycles. The number of nitrogens with one attached hydrogen (secondary N) is 1. The van der Waals surface area contributed by atoms with E-state index < -0.39 is 11.3 Å². The molecule has 6 heteroatoms. The van der Waals surface area contributed by atoms with Gasteiger partial charge in [-0.05, 0) is 43.2 Å². The Bertz CT molecular complexity index is 1120. The summed E-state index contributed by atoms with van der Waals surface area (Å²) in [6.07, 6.45) is 1.59. The van der Waals surface area contributed by atoms with E-state index >= 15 is 0 Å². The minimum Gasteiger partial charge on any atom is -0.490 e. The summed E-state index contributed by atoms with van der Waals surface area (Å²) in [5, 5.41) is 3.48. The fraction of sp³-hybridized carbons (Fsp3) is 0.200. The van der Waals surface area contributed by atoms with E-state index in [9.17, 15) is 9.59 Å². The number of ether oxygens (including phenoxy) is 1. The van der Waals surface area contributed by atoms with E-state index in [4.69, 9.17) is 16.3 Å². The van der Waals surface area contributed by atoms with E-state index in [1.54, 1.807) is 18.3 Å². The van der Waals surface area contributed by atoms with Gasteiger partial charge in [0.2, 0.25) is 5.43 Å². The maximum Gasteiger partial charge on any atom is 0.261 e. The largest absolute Gasteiger partial charge is 0.490 e. The van der Waals surface area contributed by atoms with E-state index in [1.165, 1.54) is 0 Å². The van der Waals surface area contributed by atoms with Crippen LogP contribution >= 0.6 is 11.6 Å². The van der Waals surface area contributed by atoms with Crippen molar-refractivity contribution in [2.24, 2.45) is 0 Å². The van der Waals surface area contributed by atoms with Crippen LogP contribution in [0.15, 0.2) is 41.3 Å². The zero-order valence-corrected chi connectivity index (χ0v) is 15.2. The smallest absolute Gasteiger partial charge is 0.261 e. The third-order valence-corrected chi connectivity index (χ3v) is 4.92. The molecule has 0 saturated carbocycles. The van der Waals surface area contributed by atoms with Gasteiger partial charge in [0, 0.05) is 11.9 Å². The second-order valence-electron chi connectivity index (χ2n) is 6.46. The van der Waals surface area contributed by atoms with Gasteiger partial charge < -0.3 is 14.6 Å². The monoisotopic (exact) mass is 368 g/mol. The number of amides is 1. The number of anilines is 1. The van der Waals surface area contributed by atoms with Gasteiger partial charge >= 0.3 is 0 Å². The fourth-order valence-corrected chi connectivity index (χ4v) is 3.47. The summed E-state index contributed by atoms with van der Waals surface area (Å²) < 4.78 is 7.47. The molecule has 132 valence electrons. The van der Waals surface area contributed by atoms with Crippen LogP contribution in [0.25, 0.3) is 10.9 Å². The first kappa shape index (κ1) is 16.7. The van der Waals surface area contributed by atoms with Crippen LogP contribution < -0.4 is 15.5 Å². The summed E-state index contributed by atoms with van der Waals surface area (Å²) in [5.41, 5.74) is 2.96. The Hall–Kier alpha value is -2.79. The lowest BCUT2D eigenvalue weighted by molar-refractivity contribution is 0.102. The van der Waals surface area contributed by atoms with Crippen LogP contribution in [-0.2, 0) is 6.54 Å². The Morgan fingerprint density at radius 1 is 1.23 bits per heavy atom. The lowest BCUT2D eigenvalue weighted by Gasteiger charge is -2.22. The number of hydrogen-bond acceptors (Lipinski definition) is 3. The van der Waals surface area contributed by atoms with Crippen LogP contribution in [0.3, 0.4) is 0 Å². The Morgan fingerprint density at radius 3 is 2.85 bits per heavy atom. The molecule has 1 aliphatic rings. The Balaban J connectivity index is 1.86. The predicted octanol–water partition coefficient (Wildman–Crippen LogP) is 3.92. The zero-order valence-electron chi connectivity index (χ0n) is 14.4. The topological polar surface area (TPSA) is 60.3 Å². The van der Waals surface area contributed by atoms with Crippen molar-refractivity contribution >= 4 is 34.1 Å². The minimum atomic E-state index is -0.442.